The van der Waals surface area contributed by atoms with Crippen LogP contribution in [-0.2, 0) is 9.53 Å². The fraction of sp³-hybridized carbons (Fsp3) is 0.0526. The number of esters is 1. The van der Waals surface area contributed by atoms with Gasteiger partial charge in [-0.2, -0.15) is 0 Å². The minimum Gasteiger partial charge on any atom is -0.452 e. The van der Waals surface area contributed by atoms with Crippen LogP contribution in [0, 0.1) is 0 Å². The van der Waals surface area contributed by atoms with E-state index >= 15 is 0 Å². The summed E-state index contributed by atoms with van der Waals surface area (Å²) in [7, 11) is 0. The normalized spacial score (nSPS) is 10.6. The number of ether oxygens (including phenoxy) is 1. The van der Waals surface area contributed by atoms with Crippen LogP contribution >= 0.6 is 34.8 Å². The van der Waals surface area contributed by atoms with Crippen molar-refractivity contribution >= 4 is 63.1 Å². The summed E-state index contributed by atoms with van der Waals surface area (Å²) in [6.45, 7) is -0.475. The van der Waals surface area contributed by atoms with Crippen LogP contribution < -0.4 is 5.32 Å². The first-order chi connectivity index (χ1) is 12.5. The van der Waals surface area contributed by atoms with Crippen molar-refractivity contribution in [2.75, 3.05) is 11.9 Å². The van der Waals surface area contributed by atoms with Crippen LogP contribution in [0.1, 0.15) is 10.4 Å². The number of rotatable bonds is 4. The van der Waals surface area contributed by atoms with Crippen molar-refractivity contribution in [3.05, 3.63) is 75.2 Å². The summed E-state index contributed by atoms with van der Waals surface area (Å²) >= 11 is 17.8. The van der Waals surface area contributed by atoms with Gasteiger partial charge in [-0.1, -0.05) is 71.2 Å². The third-order valence-corrected chi connectivity index (χ3v) is 4.43. The molecule has 0 heterocycles. The number of hydrogen-bond donors (Lipinski definition) is 1. The van der Waals surface area contributed by atoms with Crippen LogP contribution in [-0.4, -0.2) is 18.5 Å². The van der Waals surface area contributed by atoms with Gasteiger partial charge in [0.15, 0.2) is 6.61 Å². The zero-order valence-corrected chi connectivity index (χ0v) is 15.5. The van der Waals surface area contributed by atoms with E-state index in [9.17, 15) is 9.59 Å². The quantitative estimate of drug-likeness (QED) is 0.572. The lowest BCUT2D eigenvalue weighted by molar-refractivity contribution is -0.119. The largest absolute Gasteiger partial charge is 0.452 e. The average Bonchev–Trinajstić information content (AvgIpc) is 2.62. The summed E-state index contributed by atoms with van der Waals surface area (Å²) < 4.78 is 5.11. The molecule has 132 valence electrons. The highest BCUT2D eigenvalue weighted by atomic mass is 35.5. The monoisotopic (exact) mass is 407 g/mol. The van der Waals surface area contributed by atoms with Crippen molar-refractivity contribution in [2.24, 2.45) is 0 Å². The Kier molecular flexibility index (Phi) is 5.67. The van der Waals surface area contributed by atoms with E-state index in [4.69, 9.17) is 39.5 Å². The van der Waals surface area contributed by atoms with E-state index in [1.165, 1.54) is 12.1 Å². The first-order valence-corrected chi connectivity index (χ1v) is 8.68. The maximum Gasteiger partial charge on any atom is 0.339 e. The van der Waals surface area contributed by atoms with Gasteiger partial charge in [-0.3, -0.25) is 4.79 Å². The molecular weight excluding hydrogens is 397 g/mol. The summed E-state index contributed by atoms with van der Waals surface area (Å²) in [5.41, 5.74) is 0.599. The third-order valence-electron chi connectivity index (χ3n) is 3.62. The number of amides is 1. The van der Waals surface area contributed by atoms with Crippen LogP contribution in [0.2, 0.25) is 15.1 Å². The molecule has 0 atom stereocenters. The van der Waals surface area contributed by atoms with Gasteiger partial charge in [0.1, 0.15) is 0 Å². The molecule has 0 aromatic heterocycles. The van der Waals surface area contributed by atoms with E-state index in [1.54, 1.807) is 12.1 Å². The van der Waals surface area contributed by atoms with Crippen LogP contribution in [0.3, 0.4) is 0 Å². The Bertz CT molecular complexity index is 976. The van der Waals surface area contributed by atoms with Crippen molar-refractivity contribution in [3.8, 4) is 0 Å². The van der Waals surface area contributed by atoms with Gasteiger partial charge >= 0.3 is 5.97 Å². The molecule has 0 aliphatic rings. The second kappa shape index (κ2) is 7.96. The molecule has 0 aliphatic carbocycles. The van der Waals surface area contributed by atoms with Gasteiger partial charge in [0.2, 0.25) is 0 Å². The summed E-state index contributed by atoms with van der Waals surface area (Å²) in [5, 5.41) is 4.90. The minimum absolute atomic E-state index is 0.191. The molecule has 3 aromatic carbocycles. The molecule has 4 nitrogen and oxygen atoms in total. The minimum atomic E-state index is -0.592. The number of carbonyl (C=O) groups is 2. The summed E-state index contributed by atoms with van der Waals surface area (Å²) in [5.74, 6) is -1.16. The standard InChI is InChI=1S/C19H12Cl3NO3/c20-12-8-15(21)18(16(22)9-12)23-17(24)10-26-19(25)14-7-3-5-11-4-1-2-6-13(11)14/h1-9H,10H2,(H,23,24). The zero-order valence-electron chi connectivity index (χ0n) is 13.3. The molecule has 1 N–H and O–H groups in total. The van der Waals surface area contributed by atoms with E-state index in [2.05, 4.69) is 5.32 Å². The molecule has 7 heteroatoms. The molecule has 0 spiro atoms. The van der Waals surface area contributed by atoms with Gasteiger partial charge in [-0.25, -0.2) is 4.79 Å². The van der Waals surface area contributed by atoms with Gasteiger partial charge in [0.25, 0.3) is 5.91 Å². The molecule has 0 fully saturated rings. The van der Waals surface area contributed by atoms with Crippen molar-refractivity contribution in [3.63, 3.8) is 0 Å². The Morgan fingerprint density at radius 2 is 1.58 bits per heavy atom. The van der Waals surface area contributed by atoms with Crippen LogP contribution in [0.4, 0.5) is 5.69 Å². The van der Waals surface area contributed by atoms with Crippen LogP contribution in [0.5, 0.6) is 0 Å². The predicted octanol–water partition coefficient (Wildman–Crippen LogP) is 5.60. The summed E-state index contributed by atoms with van der Waals surface area (Å²) in [6.07, 6.45) is 0. The lowest BCUT2D eigenvalue weighted by Crippen LogP contribution is -2.21. The molecular formula is C19H12Cl3NO3. The molecule has 0 aliphatic heterocycles. The van der Waals surface area contributed by atoms with Crippen molar-refractivity contribution in [1.29, 1.82) is 0 Å². The second-order valence-electron chi connectivity index (χ2n) is 5.40. The number of nitrogens with one attached hydrogen (secondary N) is 1. The molecule has 0 saturated heterocycles. The van der Waals surface area contributed by atoms with E-state index in [1.807, 2.05) is 30.3 Å². The number of hydrogen-bond acceptors (Lipinski definition) is 3. The zero-order chi connectivity index (χ0) is 18.7. The van der Waals surface area contributed by atoms with Crippen molar-refractivity contribution in [1.82, 2.24) is 0 Å². The lowest BCUT2D eigenvalue weighted by atomic mass is 10.1. The number of anilines is 1. The number of benzene rings is 3. The first kappa shape index (κ1) is 18.5. The lowest BCUT2D eigenvalue weighted by Gasteiger charge is -2.11. The highest BCUT2D eigenvalue weighted by Crippen LogP contribution is 2.33. The molecule has 26 heavy (non-hydrogen) atoms. The highest BCUT2D eigenvalue weighted by Gasteiger charge is 2.15. The topological polar surface area (TPSA) is 55.4 Å². The van der Waals surface area contributed by atoms with Crippen LogP contribution in [0.15, 0.2) is 54.6 Å². The average molecular weight is 409 g/mol. The second-order valence-corrected chi connectivity index (χ2v) is 6.65. The maximum absolute atomic E-state index is 12.3. The fourth-order valence-corrected chi connectivity index (χ4v) is 3.36. The SMILES string of the molecule is O=C(COC(=O)c1cccc2ccccc12)Nc1c(Cl)cc(Cl)cc1Cl. The molecule has 3 rings (SSSR count). The number of carbonyl (C=O) groups excluding carboxylic acids is 2. The summed E-state index contributed by atoms with van der Waals surface area (Å²) in [6, 6.07) is 15.6. The molecule has 0 saturated carbocycles. The van der Waals surface area contributed by atoms with Crippen LogP contribution in [0.25, 0.3) is 10.8 Å². The summed E-state index contributed by atoms with van der Waals surface area (Å²) in [4.78, 5) is 24.4. The van der Waals surface area contributed by atoms with E-state index in [0.29, 0.717) is 10.6 Å². The van der Waals surface area contributed by atoms with Crippen molar-refractivity contribution < 1.29 is 14.3 Å². The van der Waals surface area contributed by atoms with E-state index in [0.717, 1.165) is 10.8 Å². The predicted molar refractivity (Wildman–Crippen MR) is 104 cm³/mol. The van der Waals surface area contributed by atoms with Crippen molar-refractivity contribution in [2.45, 2.75) is 0 Å². The molecule has 0 bridgehead atoms. The highest BCUT2D eigenvalue weighted by molar-refractivity contribution is 6.42. The van der Waals surface area contributed by atoms with E-state index in [-0.39, 0.29) is 15.7 Å². The Balaban J connectivity index is 1.69. The smallest absolute Gasteiger partial charge is 0.339 e. The molecule has 3 aromatic rings. The molecule has 0 unspecified atom stereocenters. The Morgan fingerprint density at radius 1 is 0.923 bits per heavy atom. The third kappa shape index (κ3) is 4.10. The Hall–Kier alpha value is -2.27. The van der Waals surface area contributed by atoms with Gasteiger partial charge in [-0.05, 0) is 29.0 Å². The molecule has 0 radical (unpaired) electrons. The Labute approximate surface area is 164 Å². The first-order valence-electron chi connectivity index (χ1n) is 7.55. The van der Waals surface area contributed by atoms with Gasteiger partial charge in [-0.15, -0.1) is 0 Å². The van der Waals surface area contributed by atoms with Gasteiger partial charge < -0.3 is 10.1 Å². The Morgan fingerprint density at radius 3 is 2.31 bits per heavy atom. The fourth-order valence-electron chi connectivity index (χ4n) is 2.45. The molecule has 1 amide bonds. The number of halogens is 3. The maximum atomic E-state index is 12.3. The number of fused-ring (bicyclic) bond motifs is 1. The van der Waals surface area contributed by atoms with Gasteiger partial charge in [0, 0.05) is 5.02 Å². The van der Waals surface area contributed by atoms with Gasteiger partial charge in [0.05, 0.1) is 21.3 Å². The van der Waals surface area contributed by atoms with E-state index < -0.39 is 18.5 Å².